The van der Waals surface area contributed by atoms with Crippen LogP contribution in [0.15, 0.2) is 66.9 Å². The van der Waals surface area contributed by atoms with E-state index in [1.807, 2.05) is 36.4 Å². The fourth-order valence-corrected chi connectivity index (χ4v) is 3.67. The molecule has 0 saturated carbocycles. The molecule has 3 aromatic rings. The van der Waals surface area contributed by atoms with Gasteiger partial charge in [-0.25, -0.2) is 9.24 Å². The van der Waals surface area contributed by atoms with Gasteiger partial charge >= 0.3 is 0 Å². The SMILES string of the molecule is [C-]#[N+]c1cnc(-c2ccc(CN3CCC(F)CC3)cc2)c(-c2ccccc2)c1. The van der Waals surface area contributed by atoms with Crippen molar-refractivity contribution in [3.63, 3.8) is 0 Å². The molecule has 1 aliphatic heterocycles. The van der Waals surface area contributed by atoms with Crippen molar-refractivity contribution in [2.45, 2.75) is 25.6 Å². The second-order valence-corrected chi connectivity index (χ2v) is 7.22. The predicted molar refractivity (Wildman–Crippen MR) is 111 cm³/mol. The molecule has 1 aliphatic rings. The van der Waals surface area contributed by atoms with Gasteiger partial charge in [0.05, 0.1) is 12.3 Å². The molecule has 4 heteroatoms. The second kappa shape index (κ2) is 8.33. The molecule has 3 nitrogen and oxygen atoms in total. The van der Waals surface area contributed by atoms with Gasteiger partial charge in [0.15, 0.2) is 0 Å². The highest BCUT2D eigenvalue weighted by Crippen LogP contribution is 2.33. The standard InChI is InChI=1S/C24H22FN3/c1-26-22-15-23(19-5-3-2-4-6-19)24(27-16-22)20-9-7-18(8-10-20)17-28-13-11-21(25)12-14-28/h2-10,15-16,21H,11-14,17H2. The Morgan fingerprint density at radius 1 is 1.00 bits per heavy atom. The van der Waals surface area contributed by atoms with Gasteiger partial charge in [0, 0.05) is 31.4 Å². The van der Waals surface area contributed by atoms with E-state index in [0.29, 0.717) is 18.5 Å². The van der Waals surface area contributed by atoms with Gasteiger partial charge in [-0.2, -0.15) is 0 Å². The van der Waals surface area contributed by atoms with Crippen molar-refractivity contribution in [2.24, 2.45) is 0 Å². The fraction of sp³-hybridized carbons (Fsp3) is 0.250. The number of nitrogens with zero attached hydrogens (tertiary/aromatic N) is 3. The molecule has 1 aromatic heterocycles. The van der Waals surface area contributed by atoms with Crippen LogP contribution in [0.1, 0.15) is 18.4 Å². The van der Waals surface area contributed by atoms with E-state index in [9.17, 15) is 4.39 Å². The molecule has 0 radical (unpaired) electrons. The first-order chi connectivity index (χ1) is 13.7. The van der Waals surface area contributed by atoms with Crippen LogP contribution in [0.5, 0.6) is 0 Å². The van der Waals surface area contributed by atoms with Crippen molar-refractivity contribution in [1.82, 2.24) is 9.88 Å². The first-order valence-electron chi connectivity index (χ1n) is 9.61. The summed E-state index contributed by atoms with van der Waals surface area (Å²) in [6, 6.07) is 20.4. The van der Waals surface area contributed by atoms with Gasteiger partial charge in [-0.3, -0.25) is 9.88 Å². The first kappa shape index (κ1) is 18.3. The molecular formula is C24H22FN3. The van der Waals surface area contributed by atoms with Crippen LogP contribution in [0.2, 0.25) is 0 Å². The van der Waals surface area contributed by atoms with Crippen LogP contribution in [0.25, 0.3) is 27.2 Å². The molecule has 0 amide bonds. The molecule has 2 aromatic carbocycles. The number of piperidine rings is 1. The van der Waals surface area contributed by atoms with Crippen molar-refractivity contribution in [1.29, 1.82) is 0 Å². The average molecular weight is 371 g/mol. The Balaban J connectivity index is 1.60. The highest BCUT2D eigenvalue weighted by molar-refractivity contribution is 5.82. The zero-order valence-electron chi connectivity index (χ0n) is 15.7. The largest absolute Gasteiger partial charge is 0.299 e. The monoisotopic (exact) mass is 371 g/mol. The zero-order chi connectivity index (χ0) is 19.3. The van der Waals surface area contributed by atoms with Gasteiger partial charge in [0.1, 0.15) is 6.17 Å². The van der Waals surface area contributed by atoms with Crippen LogP contribution in [0.3, 0.4) is 0 Å². The Morgan fingerprint density at radius 3 is 2.39 bits per heavy atom. The summed E-state index contributed by atoms with van der Waals surface area (Å²) in [6.07, 6.45) is 2.26. The summed E-state index contributed by atoms with van der Waals surface area (Å²) in [7, 11) is 0. The number of alkyl halides is 1. The van der Waals surface area contributed by atoms with Crippen LogP contribution >= 0.6 is 0 Å². The van der Waals surface area contributed by atoms with E-state index in [0.717, 1.165) is 42.0 Å². The molecular weight excluding hydrogens is 349 g/mol. The lowest BCUT2D eigenvalue weighted by atomic mass is 9.98. The Morgan fingerprint density at radius 2 is 1.71 bits per heavy atom. The van der Waals surface area contributed by atoms with Crippen LogP contribution in [-0.4, -0.2) is 29.1 Å². The zero-order valence-corrected chi connectivity index (χ0v) is 15.7. The average Bonchev–Trinajstić information content (AvgIpc) is 2.76. The summed E-state index contributed by atoms with van der Waals surface area (Å²) in [6.45, 7) is 9.79. The number of benzene rings is 2. The topological polar surface area (TPSA) is 20.5 Å². The summed E-state index contributed by atoms with van der Waals surface area (Å²) in [5.41, 5.74) is 5.68. The molecule has 1 fully saturated rings. The van der Waals surface area contributed by atoms with Gasteiger partial charge in [0.25, 0.3) is 0 Å². The number of hydrogen-bond donors (Lipinski definition) is 0. The van der Waals surface area contributed by atoms with Crippen molar-refractivity contribution in [2.75, 3.05) is 13.1 Å². The summed E-state index contributed by atoms with van der Waals surface area (Å²) in [5.74, 6) is 0. The van der Waals surface area contributed by atoms with Gasteiger partial charge < -0.3 is 0 Å². The quantitative estimate of drug-likeness (QED) is 0.532. The molecule has 4 rings (SSSR count). The second-order valence-electron chi connectivity index (χ2n) is 7.22. The third kappa shape index (κ3) is 4.11. The molecule has 2 heterocycles. The normalized spacial score (nSPS) is 15.3. The summed E-state index contributed by atoms with van der Waals surface area (Å²) < 4.78 is 13.3. The maximum atomic E-state index is 13.3. The summed E-state index contributed by atoms with van der Waals surface area (Å²) in [4.78, 5) is 10.4. The number of rotatable bonds is 4. The Bertz CT molecular complexity index is 969. The highest BCUT2D eigenvalue weighted by Gasteiger charge is 2.18. The molecule has 0 atom stereocenters. The van der Waals surface area contributed by atoms with E-state index in [1.54, 1.807) is 6.20 Å². The molecule has 140 valence electrons. The minimum Gasteiger partial charge on any atom is -0.299 e. The molecule has 0 bridgehead atoms. The molecule has 0 N–H and O–H groups in total. The van der Waals surface area contributed by atoms with Crippen LogP contribution < -0.4 is 0 Å². The van der Waals surface area contributed by atoms with Crippen molar-refractivity contribution >= 4 is 5.69 Å². The molecule has 0 unspecified atom stereocenters. The maximum absolute atomic E-state index is 13.3. The predicted octanol–water partition coefficient (Wildman–Crippen LogP) is 5.90. The third-order valence-electron chi connectivity index (χ3n) is 5.24. The summed E-state index contributed by atoms with van der Waals surface area (Å²) in [5, 5.41) is 0. The minimum atomic E-state index is -0.639. The van der Waals surface area contributed by atoms with Crippen molar-refractivity contribution in [3.8, 4) is 22.4 Å². The van der Waals surface area contributed by atoms with Crippen LogP contribution in [0.4, 0.5) is 10.1 Å². The molecule has 0 spiro atoms. The lowest BCUT2D eigenvalue weighted by Gasteiger charge is -2.28. The van der Waals surface area contributed by atoms with Crippen molar-refractivity contribution < 1.29 is 4.39 Å². The number of hydrogen-bond acceptors (Lipinski definition) is 2. The summed E-state index contributed by atoms with van der Waals surface area (Å²) >= 11 is 0. The van der Waals surface area contributed by atoms with Gasteiger partial charge in [0.2, 0.25) is 5.69 Å². The molecule has 0 aliphatic carbocycles. The minimum absolute atomic E-state index is 0.537. The van der Waals surface area contributed by atoms with E-state index < -0.39 is 6.17 Å². The Kier molecular flexibility index (Phi) is 5.45. The Hall–Kier alpha value is -3.03. The number of halogens is 1. The lowest BCUT2D eigenvalue weighted by Crippen LogP contribution is -2.33. The van der Waals surface area contributed by atoms with E-state index in [-0.39, 0.29) is 0 Å². The van der Waals surface area contributed by atoms with Crippen molar-refractivity contribution in [3.05, 3.63) is 83.8 Å². The van der Waals surface area contributed by atoms with Gasteiger partial charge in [-0.15, -0.1) is 0 Å². The van der Waals surface area contributed by atoms with E-state index >= 15 is 0 Å². The van der Waals surface area contributed by atoms with Crippen LogP contribution in [0, 0.1) is 6.57 Å². The highest BCUT2D eigenvalue weighted by atomic mass is 19.1. The number of pyridine rings is 1. The fourth-order valence-electron chi connectivity index (χ4n) is 3.67. The van der Waals surface area contributed by atoms with E-state index in [1.165, 1.54) is 5.56 Å². The van der Waals surface area contributed by atoms with Crippen LogP contribution in [-0.2, 0) is 6.54 Å². The molecule has 1 saturated heterocycles. The number of likely N-dealkylation sites (tertiary alicyclic amines) is 1. The first-order valence-corrected chi connectivity index (χ1v) is 9.61. The smallest absolute Gasteiger partial charge is 0.205 e. The lowest BCUT2D eigenvalue weighted by molar-refractivity contribution is 0.145. The van der Waals surface area contributed by atoms with Gasteiger partial charge in [-0.1, -0.05) is 54.6 Å². The number of aromatic nitrogens is 1. The third-order valence-corrected chi connectivity index (χ3v) is 5.24. The molecule has 28 heavy (non-hydrogen) atoms. The van der Waals surface area contributed by atoms with E-state index in [2.05, 4.69) is 39.0 Å². The Labute approximate surface area is 165 Å². The van der Waals surface area contributed by atoms with Gasteiger partial charge in [-0.05, 0) is 35.6 Å². The van der Waals surface area contributed by atoms with E-state index in [4.69, 9.17) is 6.57 Å². The maximum Gasteiger partial charge on any atom is 0.205 e.